The maximum Gasteiger partial charge on any atom is 0.328 e. The van der Waals surface area contributed by atoms with Crippen LogP contribution < -0.4 is 5.32 Å². The lowest BCUT2D eigenvalue weighted by Gasteiger charge is -2.17. The van der Waals surface area contributed by atoms with E-state index in [1.165, 1.54) is 25.3 Å². The molecule has 0 aliphatic heterocycles. The van der Waals surface area contributed by atoms with Gasteiger partial charge < -0.3 is 10.1 Å². The number of benzene rings is 2. The molecule has 2 aromatic rings. The first-order valence-corrected chi connectivity index (χ1v) is 8.36. The van der Waals surface area contributed by atoms with Crippen molar-refractivity contribution < 1.29 is 19.2 Å². The van der Waals surface area contributed by atoms with Crippen LogP contribution in [0.2, 0.25) is 0 Å². The summed E-state index contributed by atoms with van der Waals surface area (Å²) in [6, 6.07) is 11.9. The molecule has 0 spiro atoms. The third-order valence-electron chi connectivity index (χ3n) is 3.49. The van der Waals surface area contributed by atoms with E-state index in [9.17, 15) is 19.7 Å². The average Bonchev–Trinajstić information content (AvgIpc) is 2.62. The second-order valence-electron chi connectivity index (χ2n) is 5.15. The molecule has 1 amide bonds. The fourth-order valence-electron chi connectivity index (χ4n) is 2.22. The van der Waals surface area contributed by atoms with Gasteiger partial charge in [-0.2, -0.15) is 0 Å². The van der Waals surface area contributed by atoms with E-state index >= 15 is 0 Å². The Kier molecular flexibility index (Phi) is 6.45. The Morgan fingerprint density at radius 1 is 1.24 bits per heavy atom. The van der Waals surface area contributed by atoms with Crippen molar-refractivity contribution in [1.82, 2.24) is 5.32 Å². The number of carbonyl (C=O) groups excluding carboxylic acids is 2. The van der Waals surface area contributed by atoms with Crippen LogP contribution in [0, 0.1) is 13.7 Å². The molecule has 7 nitrogen and oxygen atoms in total. The van der Waals surface area contributed by atoms with Crippen molar-refractivity contribution in [2.45, 2.75) is 12.5 Å². The van der Waals surface area contributed by atoms with Crippen LogP contribution >= 0.6 is 22.6 Å². The SMILES string of the molecule is COC(=O)[C@@H](Cc1ccccc1I)NC(=O)c1cccc([N+](=O)[O-])c1. The maximum absolute atomic E-state index is 12.4. The van der Waals surface area contributed by atoms with E-state index in [2.05, 4.69) is 27.9 Å². The van der Waals surface area contributed by atoms with Crippen molar-refractivity contribution >= 4 is 40.2 Å². The molecule has 0 heterocycles. The van der Waals surface area contributed by atoms with Gasteiger partial charge in [-0.25, -0.2) is 4.79 Å². The Labute approximate surface area is 157 Å². The van der Waals surface area contributed by atoms with E-state index in [0.717, 1.165) is 15.2 Å². The Bertz CT molecular complexity index is 809. The highest BCUT2D eigenvalue weighted by atomic mass is 127. The molecule has 0 unspecified atom stereocenters. The van der Waals surface area contributed by atoms with Gasteiger partial charge in [0, 0.05) is 27.7 Å². The highest BCUT2D eigenvalue weighted by Crippen LogP contribution is 2.16. The molecule has 1 atom stereocenters. The zero-order chi connectivity index (χ0) is 18.4. The highest BCUT2D eigenvalue weighted by Gasteiger charge is 2.24. The van der Waals surface area contributed by atoms with E-state index in [1.807, 2.05) is 24.3 Å². The standard InChI is InChI=1S/C17H15IN2O5/c1-25-17(22)15(10-11-5-2-3-8-14(11)18)19-16(21)12-6-4-7-13(9-12)20(23)24/h2-9,15H,10H2,1H3,(H,19,21)/t15-/m1/s1. The minimum atomic E-state index is -0.896. The first-order valence-electron chi connectivity index (χ1n) is 7.29. The van der Waals surface area contributed by atoms with E-state index in [-0.39, 0.29) is 17.7 Å². The average molecular weight is 454 g/mol. The summed E-state index contributed by atoms with van der Waals surface area (Å²) in [5, 5.41) is 13.4. The van der Waals surface area contributed by atoms with Crippen LogP contribution in [0.25, 0.3) is 0 Å². The van der Waals surface area contributed by atoms with Gasteiger partial charge >= 0.3 is 5.97 Å². The lowest BCUT2D eigenvalue weighted by atomic mass is 10.1. The fraction of sp³-hybridized carbons (Fsp3) is 0.176. The van der Waals surface area contributed by atoms with Gasteiger partial charge in [-0.05, 0) is 40.3 Å². The molecule has 8 heteroatoms. The van der Waals surface area contributed by atoms with E-state index in [4.69, 9.17) is 4.74 Å². The number of hydrogen-bond donors (Lipinski definition) is 1. The molecular formula is C17H15IN2O5. The number of rotatable bonds is 6. The van der Waals surface area contributed by atoms with Gasteiger partial charge in [-0.15, -0.1) is 0 Å². The number of non-ortho nitro benzene ring substituents is 1. The highest BCUT2D eigenvalue weighted by molar-refractivity contribution is 14.1. The number of ether oxygens (including phenoxy) is 1. The molecule has 1 N–H and O–H groups in total. The molecule has 0 aromatic heterocycles. The molecule has 2 aromatic carbocycles. The molecule has 0 radical (unpaired) electrons. The number of esters is 1. The summed E-state index contributed by atoms with van der Waals surface area (Å²) in [5.74, 6) is -1.16. The lowest BCUT2D eigenvalue weighted by molar-refractivity contribution is -0.384. The number of methoxy groups -OCH3 is 1. The fourth-order valence-corrected chi connectivity index (χ4v) is 2.83. The Hall–Kier alpha value is -2.49. The molecule has 25 heavy (non-hydrogen) atoms. The minimum Gasteiger partial charge on any atom is -0.467 e. The number of hydrogen-bond acceptors (Lipinski definition) is 5. The number of nitrogens with zero attached hydrogens (tertiary/aromatic N) is 1. The summed E-state index contributed by atoms with van der Waals surface area (Å²) >= 11 is 2.15. The van der Waals surface area contributed by atoms with E-state index in [1.54, 1.807) is 0 Å². The third-order valence-corrected chi connectivity index (χ3v) is 4.54. The molecule has 130 valence electrons. The number of nitrogens with one attached hydrogen (secondary N) is 1. The Morgan fingerprint density at radius 3 is 2.60 bits per heavy atom. The topological polar surface area (TPSA) is 98.5 Å². The summed E-state index contributed by atoms with van der Waals surface area (Å²) in [4.78, 5) is 34.7. The third kappa shape index (κ3) is 4.99. The molecule has 0 bridgehead atoms. The summed E-state index contributed by atoms with van der Waals surface area (Å²) in [7, 11) is 1.24. The van der Waals surface area contributed by atoms with Crippen LogP contribution in [0.15, 0.2) is 48.5 Å². The van der Waals surface area contributed by atoms with Crippen LogP contribution in [0.1, 0.15) is 15.9 Å². The summed E-state index contributed by atoms with van der Waals surface area (Å²) in [5.41, 5.74) is 0.795. The summed E-state index contributed by atoms with van der Waals surface area (Å²) in [6.07, 6.45) is 0.256. The van der Waals surface area contributed by atoms with Crippen molar-refractivity contribution in [3.8, 4) is 0 Å². The van der Waals surface area contributed by atoms with Crippen molar-refractivity contribution in [3.63, 3.8) is 0 Å². The largest absolute Gasteiger partial charge is 0.467 e. The van der Waals surface area contributed by atoms with Gasteiger partial charge in [-0.1, -0.05) is 24.3 Å². The Morgan fingerprint density at radius 2 is 1.96 bits per heavy atom. The number of amides is 1. The van der Waals surface area contributed by atoms with Crippen molar-refractivity contribution in [2.24, 2.45) is 0 Å². The van der Waals surface area contributed by atoms with Crippen LogP contribution in [-0.2, 0) is 16.0 Å². The summed E-state index contributed by atoms with van der Waals surface area (Å²) in [6.45, 7) is 0. The van der Waals surface area contributed by atoms with Crippen LogP contribution in [0.4, 0.5) is 5.69 Å². The first kappa shape index (κ1) is 18.8. The van der Waals surface area contributed by atoms with Gasteiger partial charge in [0.05, 0.1) is 12.0 Å². The normalized spacial score (nSPS) is 11.4. The van der Waals surface area contributed by atoms with Gasteiger partial charge in [0.15, 0.2) is 0 Å². The second-order valence-corrected chi connectivity index (χ2v) is 6.31. The van der Waals surface area contributed by atoms with Crippen LogP contribution in [0.3, 0.4) is 0 Å². The minimum absolute atomic E-state index is 0.103. The number of carbonyl (C=O) groups is 2. The number of halogens is 1. The van der Waals surface area contributed by atoms with E-state index in [0.29, 0.717) is 0 Å². The quantitative estimate of drug-likeness (QED) is 0.313. The smallest absolute Gasteiger partial charge is 0.328 e. The van der Waals surface area contributed by atoms with Crippen molar-refractivity contribution in [2.75, 3.05) is 7.11 Å². The van der Waals surface area contributed by atoms with Gasteiger partial charge in [0.2, 0.25) is 0 Å². The van der Waals surface area contributed by atoms with Gasteiger partial charge in [0.25, 0.3) is 11.6 Å². The van der Waals surface area contributed by atoms with Gasteiger partial charge in [-0.3, -0.25) is 14.9 Å². The van der Waals surface area contributed by atoms with Crippen molar-refractivity contribution in [3.05, 3.63) is 73.3 Å². The maximum atomic E-state index is 12.4. The lowest BCUT2D eigenvalue weighted by Crippen LogP contribution is -2.43. The number of nitro benzene ring substituents is 1. The number of nitro groups is 1. The molecular weight excluding hydrogens is 439 g/mol. The monoisotopic (exact) mass is 454 g/mol. The van der Waals surface area contributed by atoms with E-state index < -0.39 is 22.8 Å². The predicted octanol–water partition coefficient (Wildman–Crippen LogP) is 2.71. The Balaban J connectivity index is 2.21. The second kappa shape index (κ2) is 8.56. The molecule has 0 aliphatic carbocycles. The first-order chi connectivity index (χ1) is 11.9. The molecule has 0 saturated carbocycles. The molecule has 0 saturated heterocycles. The molecule has 0 aliphatic rings. The molecule has 0 fully saturated rings. The zero-order valence-electron chi connectivity index (χ0n) is 13.3. The van der Waals surface area contributed by atoms with Crippen molar-refractivity contribution in [1.29, 1.82) is 0 Å². The summed E-state index contributed by atoms with van der Waals surface area (Å²) < 4.78 is 5.72. The van der Waals surface area contributed by atoms with Crippen LogP contribution in [-0.4, -0.2) is 30.0 Å². The zero-order valence-corrected chi connectivity index (χ0v) is 15.4. The molecule has 2 rings (SSSR count). The van der Waals surface area contributed by atoms with Crippen LogP contribution in [0.5, 0.6) is 0 Å². The predicted molar refractivity (Wildman–Crippen MR) is 99.2 cm³/mol. The van der Waals surface area contributed by atoms with Gasteiger partial charge in [0.1, 0.15) is 6.04 Å².